The van der Waals surface area contributed by atoms with Gasteiger partial charge in [0.1, 0.15) is 0 Å². The van der Waals surface area contributed by atoms with Crippen LogP contribution in [0.2, 0.25) is 0 Å². The summed E-state index contributed by atoms with van der Waals surface area (Å²) in [5, 5.41) is 11.7. The van der Waals surface area contributed by atoms with Crippen molar-refractivity contribution in [1.29, 1.82) is 0 Å². The number of amides is 1. The van der Waals surface area contributed by atoms with E-state index in [4.69, 9.17) is 5.11 Å². The molecule has 4 heteroatoms. The first-order valence-electron chi connectivity index (χ1n) is 5.13. The molecule has 0 aromatic heterocycles. The average molecular weight is 213 g/mol. The third kappa shape index (κ3) is 3.73. The number of hydrogen-bond donors (Lipinski definition) is 2. The summed E-state index contributed by atoms with van der Waals surface area (Å²) < 4.78 is 0. The number of carbonyl (C=O) groups excluding carboxylic acids is 1. The van der Waals surface area contributed by atoms with E-state index >= 15 is 0 Å². The van der Waals surface area contributed by atoms with E-state index < -0.39 is 11.4 Å². The summed E-state index contributed by atoms with van der Waals surface area (Å²) in [6.45, 7) is 7.43. The van der Waals surface area contributed by atoms with Crippen LogP contribution in [-0.2, 0) is 9.59 Å². The Morgan fingerprint density at radius 2 is 1.93 bits per heavy atom. The predicted octanol–water partition coefficient (Wildman–Crippen LogP) is 1.57. The van der Waals surface area contributed by atoms with E-state index in [-0.39, 0.29) is 12.3 Å². The van der Waals surface area contributed by atoms with Crippen molar-refractivity contribution in [1.82, 2.24) is 5.32 Å². The van der Waals surface area contributed by atoms with E-state index in [1.165, 1.54) is 0 Å². The highest BCUT2D eigenvalue weighted by atomic mass is 16.4. The maximum atomic E-state index is 11.4. The lowest BCUT2D eigenvalue weighted by molar-refractivity contribution is -0.152. The highest BCUT2D eigenvalue weighted by Crippen LogP contribution is 2.30. The third-order valence-corrected chi connectivity index (χ3v) is 2.75. The van der Waals surface area contributed by atoms with Gasteiger partial charge in [0.25, 0.3) is 0 Å². The predicted molar refractivity (Wildman–Crippen MR) is 58.5 cm³/mol. The standard InChI is InChI=1S/C11H19NO3/c1-4-7-12-9(13)8-11(5-2,6-3)10(14)15/h4H,1,5-8H2,2-3H3,(H,12,13)(H,14,15). The first-order valence-corrected chi connectivity index (χ1v) is 5.13. The van der Waals surface area contributed by atoms with Crippen molar-refractivity contribution >= 4 is 11.9 Å². The molecule has 0 unspecified atom stereocenters. The second-order valence-corrected chi connectivity index (χ2v) is 3.56. The Labute approximate surface area is 90.4 Å². The van der Waals surface area contributed by atoms with E-state index in [0.717, 1.165) is 0 Å². The van der Waals surface area contributed by atoms with Crippen molar-refractivity contribution in [3.8, 4) is 0 Å². The number of carboxylic acids is 1. The van der Waals surface area contributed by atoms with Crippen LogP contribution in [0.5, 0.6) is 0 Å². The molecule has 15 heavy (non-hydrogen) atoms. The fourth-order valence-corrected chi connectivity index (χ4v) is 1.43. The highest BCUT2D eigenvalue weighted by Gasteiger charge is 2.36. The van der Waals surface area contributed by atoms with Gasteiger partial charge in [0.15, 0.2) is 0 Å². The van der Waals surface area contributed by atoms with Gasteiger partial charge in [-0.25, -0.2) is 0 Å². The molecule has 0 bridgehead atoms. The zero-order valence-corrected chi connectivity index (χ0v) is 9.38. The van der Waals surface area contributed by atoms with Gasteiger partial charge in [-0.1, -0.05) is 19.9 Å². The summed E-state index contributed by atoms with van der Waals surface area (Å²) >= 11 is 0. The largest absolute Gasteiger partial charge is 0.481 e. The summed E-state index contributed by atoms with van der Waals surface area (Å²) in [6, 6.07) is 0. The van der Waals surface area contributed by atoms with Crippen molar-refractivity contribution in [2.45, 2.75) is 33.1 Å². The number of carboxylic acid groups (broad SMARTS) is 1. The van der Waals surface area contributed by atoms with Crippen LogP contribution in [0.15, 0.2) is 12.7 Å². The Bertz CT molecular complexity index is 244. The lowest BCUT2D eigenvalue weighted by atomic mass is 9.79. The van der Waals surface area contributed by atoms with Gasteiger partial charge in [0.05, 0.1) is 5.41 Å². The summed E-state index contributed by atoms with van der Waals surface area (Å²) in [6.07, 6.45) is 2.52. The molecule has 2 N–H and O–H groups in total. The van der Waals surface area contributed by atoms with Crippen LogP contribution in [0, 0.1) is 5.41 Å². The van der Waals surface area contributed by atoms with Crippen LogP contribution < -0.4 is 5.32 Å². The minimum Gasteiger partial charge on any atom is -0.481 e. The van der Waals surface area contributed by atoms with Crippen LogP contribution >= 0.6 is 0 Å². The SMILES string of the molecule is C=CCNC(=O)CC(CC)(CC)C(=O)O. The molecule has 4 nitrogen and oxygen atoms in total. The van der Waals surface area contributed by atoms with Gasteiger partial charge in [0.2, 0.25) is 5.91 Å². The topological polar surface area (TPSA) is 66.4 Å². The second-order valence-electron chi connectivity index (χ2n) is 3.56. The van der Waals surface area contributed by atoms with E-state index in [9.17, 15) is 9.59 Å². The molecule has 0 aromatic rings. The number of nitrogens with one attached hydrogen (secondary N) is 1. The van der Waals surface area contributed by atoms with E-state index in [2.05, 4.69) is 11.9 Å². The average Bonchev–Trinajstić information content (AvgIpc) is 2.22. The normalized spacial score (nSPS) is 10.8. The lowest BCUT2D eigenvalue weighted by Crippen LogP contribution is -2.36. The lowest BCUT2D eigenvalue weighted by Gasteiger charge is -2.25. The van der Waals surface area contributed by atoms with E-state index in [0.29, 0.717) is 19.4 Å². The fraction of sp³-hybridized carbons (Fsp3) is 0.636. The summed E-state index contributed by atoms with van der Waals surface area (Å²) in [5.41, 5.74) is -0.925. The van der Waals surface area contributed by atoms with Gasteiger partial charge in [0, 0.05) is 13.0 Å². The number of aliphatic carboxylic acids is 1. The quantitative estimate of drug-likeness (QED) is 0.631. The van der Waals surface area contributed by atoms with Crippen LogP contribution in [0.25, 0.3) is 0 Å². The van der Waals surface area contributed by atoms with Crippen molar-refractivity contribution in [2.24, 2.45) is 5.41 Å². The minimum atomic E-state index is -0.925. The molecule has 0 aromatic carbocycles. The Balaban J connectivity index is 4.47. The van der Waals surface area contributed by atoms with E-state index in [1.54, 1.807) is 19.9 Å². The van der Waals surface area contributed by atoms with Crippen LogP contribution in [-0.4, -0.2) is 23.5 Å². The molecule has 0 fully saturated rings. The molecule has 0 radical (unpaired) electrons. The van der Waals surface area contributed by atoms with Gasteiger partial charge >= 0.3 is 5.97 Å². The fourth-order valence-electron chi connectivity index (χ4n) is 1.43. The zero-order chi connectivity index (χ0) is 11.9. The molecular weight excluding hydrogens is 194 g/mol. The molecule has 0 spiro atoms. The van der Waals surface area contributed by atoms with Crippen molar-refractivity contribution in [2.75, 3.05) is 6.54 Å². The molecule has 0 aliphatic rings. The minimum absolute atomic E-state index is 0.0309. The van der Waals surface area contributed by atoms with Gasteiger partial charge < -0.3 is 10.4 Å². The molecule has 0 rings (SSSR count). The van der Waals surface area contributed by atoms with Crippen molar-refractivity contribution in [3.05, 3.63) is 12.7 Å². The first-order chi connectivity index (χ1) is 7.02. The van der Waals surface area contributed by atoms with Crippen LogP contribution in [0.1, 0.15) is 33.1 Å². The Morgan fingerprint density at radius 3 is 2.27 bits per heavy atom. The monoisotopic (exact) mass is 213 g/mol. The van der Waals surface area contributed by atoms with Gasteiger partial charge in [-0.3, -0.25) is 9.59 Å². The maximum absolute atomic E-state index is 11.4. The Morgan fingerprint density at radius 1 is 1.40 bits per heavy atom. The second kappa shape index (κ2) is 6.22. The van der Waals surface area contributed by atoms with E-state index in [1.807, 2.05) is 0 Å². The number of rotatable bonds is 7. The summed E-state index contributed by atoms with van der Waals surface area (Å²) in [7, 11) is 0. The van der Waals surface area contributed by atoms with Gasteiger partial charge in [-0.15, -0.1) is 6.58 Å². The first kappa shape index (κ1) is 13.7. The molecule has 0 atom stereocenters. The molecule has 86 valence electrons. The van der Waals surface area contributed by atoms with Gasteiger partial charge in [-0.05, 0) is 12.8 Å². The number of carbonyl (C=O) groups is 2. The molecule has 0 heterocycles. The van der Waals surface area contributed by atoms with Crippen molar-refractivity contribution in [3.63, 3.8) is 0 Å². The summed E-state index contributed by atoms with van der Waals surface area (Å²) in [5.74, 6) is -1.14. The third-order valence-electron chi connectivity index (χ3n) is 2.75. The molecule has 0 aliphatic carbocycles. The van der Waals surface area contributed by atoms with Crippen LogP contribution in [0.4, 0.5) is 0 Å². The van der Waals surface area contributed by atoms with Crippen LogP contribution in [0.3, 0.4) is 0 Å². The van der Waals surface area contributed by atoms with Gasteiger partial charge in [-0.2, -0.15) is 0 Å². The Kier molecular flexibility index (Phi) is 5.67. The molecule has 1 amide bonds. The Hall–Kier alpha value is -1.32. The number of hydrogen-bond acceptors (Lipinski definition) is 2. The summed E-state index contributed by atoms with van der Waals surface area (Å²) in [4.78, 5) is 22.5. The zero-order valence-electron chi connectivity index (χ0n) is 9.38. The smallest absolute Gasteiger partial charge is 0.310 e. The molecule has 0 saturated carbocycles. The molecular formula is C11H19NO3. The van der Waals surface area contributed by atoms with Crippen molar-refractivity contribution < 1.29 is 14.7 Å². The maximum Gasteiger partial charge on any atom is 0.310 e. The highest BCUT2D eigenvalue weighted by molar-refractivity contribution is 5.84. The molecule has 0 saturated heterocycles. The molecule has 0 aliphatic heterocycles.